The molecule has 0 aliphatic carbocycles. The van der Waals surface area contributed by atoms with Gasteiger partial charge in [0.05, 0.1) is 6.54 Å². The van der Waals surface area contributed by atoms with Crippen molar-refractivity contribution in [3.63, 3.8) is 0 Å². The number of phenolic OH excluding ortho intramolecular Hbond substituents is 1. The van der Waals surface area contributed by atoms with E-state index in [2.05, 4.69) is 28.7 Å². The molecule has 2 rings (SSSR count). The van der Waals surface area contributed by atoms with E-state index in [1.807, 2.05) is 13.0 Å². The second-order valence-corrected chi connectivity index (χ2v) is 5.32. The van der Waals surface area contributed by atoms with E-state index < -0.39 is 0 Å². The fourth-order valence-corrected chi connectivity index (χ4v) is 2.46. The molecule has 19 heavy (non-hydrogen) atoms. The first-order valence-corrected chi connectivity index (χ1v) is 6.77. The first-order valence-electron chi connectivity index (χ1n) is 6.77. The summed E-state index contributed by atoms with van der Waals surface area (Å²) < 4.78 is 0. The van der Waals surface area contributed by atoms with Crippen LogP contribution < -0.4 is 0 Å². The van der Waals surface area contributed by atoms with Crippen LogP contribution in [-0.4, -0.2) is 47.6 Å². The van der Waals surface area contributed by atoms with Gasteiger partial charge in [0.2, 0.25) is 0 Å². The van der Waals surface area contributed by atoms with E-state index in [9.17, 15) is 5.11 Å². The van der Waals surface area contributed by atoms with Gasteiger partial charge in [0.1, 0.15) is 5.75 Å². The normalized spacial score (nSPS) is 17.3. The molecule has 1 fully saturated rings. The van der Waals surface area contributed by atoms with Crippen LogP contribution in [0.15, 0.2) is 12.1 Å². The monoisotopic (exact) mass is 258 g/mol. The number of benzene rings is 1. The Labute approximate surface area is 115 Å². The van der Waals surface area contributed by atoms with Crippen LogP contribution in [0.2, 0.25) is 0 Å². The van der Waals surface area contributed by atoms with Gasteiger partial charge in [-0.15, -0.1) is 6.42 Å². The van der Waals surface area contributed by atoms with Gasteiger partial charge in [-0.05, 0) is 31.0 Å². The number of aromatic hydroxyl groups is 1. The first kappa shape index (κ1) is 13.9. The van der Waals surface area contributed by atoms with Gasteiger partial charge in [0.15, 0.2) is 0 Å². The van der Waals surface area contributed by atoms with Gasteiger partial charge < -0.3 is 5.11 Å². The van der Waals surface area contributed by atoms with Gasteiger partial charge in [0, 0.05) is 38.3 Å². The number of rotatable bonds is 3. The van der Waals surface area contributed by atoms with Gasteiger partial charge in [-0.25, -0.2) is 0 Å². The molecule has 1 aromatic rings. The predicted molar refractivity (Wildman–Crippen MR) is 78.1 cm³/mol. The van der Waals surface area contributed by atoms with Gasteiger partial charge in [0.25, 0.3) is 0 Å². The Balaban J connectivity index is 1.96. The summed E-state index contributed by atoms with van der Waals surface area (Å²) >= 11 is 0. The maximum absolute atomic E-state index is 10.0. The van der Waals surface area contributed by atoms with E-state index in [-0.39, 0.29) is 0 Å². The molecule has 1 heterocycles. The topological polar surface area (TPSA) is 26.7 Å². The minimum absolute atomic E-state index is 0.411. The zero-order valence-electron chi connectivity index (χ0n) is 11.8. The lowest BCUT2D eigenvalue weighted by molar-refractivity contribution is 0.137. The molecule has 0 aromatic heterocycles. The molecule has 1 aliphatic heterocycles. The summed E-state index contributed by atoms with van der Waals surface area (Å²) in [5.41, 5.74) is 3.40. The molecule has 0 spiro atoms. The van der Waals surface area contributed by atoms with Crippen molar-refractivity contribution in [3.05, 3.63) is 28.8 Å². The molecule has 1 aliphatic rings. The Morgan fingerprint density at radius 3 is 2.32 bits per heavy atom. The molecule has 1 aromatic carbocycles. The van der Waals surface area contributed by atoms with Crippen LogP contribution in [0.1, 0.15) is 16.7 Å². The van der Waals surface area contributed by atoms with Crippen molar-refractivity contribution in [2.24, 2.45) is 0 Å². The Morgan fingerprint density at radius 2 is 1.68 bits per heavy atom. The molecular formula is C16H22N2O. The Kier molecular flexibility index (Phi) is 4.47. The quantitative estimate of drug-likeness (QED) is 0.837. The highest BCUT2D eigenvalue weighted by Crippen LogP contribution is 2.23. The lowest BCUT2D eigenvalue weighted by Gasteiger charge is -2.33. The second kappa shape index (κ2) is 6.10. The highest BCUT2D eigenvalue weighted by Gasteiger charge is 2.17. The largest absolute Gasteiger partial charge is 0.508 e. The van der Waals surface area contributed by atoms with Crippen molar-refractivity contribution in [3.8, 4) is 18.1 Å². The summed E-state index contributed by atoms with van der Waals surface area (Å²) in [6.07, 6.45) is 5.33. The maximum atomic E-state index is 10.0. The molecule has 0 amide bonds. The van der Waals surface area contributed by atoms with Crippen molar-refractivity contribution < 1.29 is 5.11 Å². The molecule has 3 nitrogen and oxygen atoms in total. The average Bonchev–Trinajstić information content (AvgIpc) is 2.38. The molecule has 0 saturated carbocycles. The first-order chi connectivity index (χ1) is 9.10. The standard InChI is InChI=1S/C16H22N2O/c1-4-5-17-6-8-18(9-7-17)12-15-10-13(2)14(3)11-16(15)19/h1,10-11,19H,5-9,12H2,2-3H3. The molecule has 1 N–H and O–H groups in total. The number of nitrogens with zero attached hydrogens (tertiary/aromatic N) is 2. The second-order valence-electron chi connectivity index (χ2n) is 5.32. The van der Waals surface area contributed by atoms with Crippen molar-refractivity contribution in [2.45, 2.75) is 20.4 Å². The van der Waals surface area contributed by atoms with E-state index in [0.717, 1.165) is 50.4 Å². The summed E-state index contributed by atoms with van der Waals surface area (Å²) in [6, 6.07) is 3.96. The zero-order valence-corrected chi connectivity index (χ0v) is 11.8. The van der Waals surface area contributed by atoms with Crippen molar-refractivity contribution >= 4 is 0 Å². The van der Waals surface area contributed by atoms with E-state index in [0.29, 0.717) is 5.75 Å². The van der Waals surface area contributed by atoms with Crippen LogP contribution >= 0.6 is 0 Å². The Hall–Kier alpha value is -1.50. The summed E-state index contributed by atoms with van der Waals surface area (Å²) in [6.45, 7) is 9.70. The van der Waals surface area contributed by atoms with E-state index >= 15 is 0 Å². The maximum Gasteiger partial charge on any atom is 0.120 e. The third-order valence-electron chi connectivity index (χ3n) is 3.87. The fraction of sp³-hybridized carbons (Fsp3) is 0.500. The molecule has 102 valence electrons. The number of phenols is 1. The molecular weight excluding hydrogens is 236 g/mol. The number of aryl methyl sites for hydroxylation is 2. The highest BCUT2D eigenvalue weighted by atomic mass is 16.3. The van der Waals surface area contributed by atoms with Crippen molar-refractivity contribution in [2.75, 3.05) is 32.7 Å². The summed E-state index contributed by atoms with van der Waals surface area (Å²) in [4.78, 5) is 4.66. The SMILES string of the molecule is C#CCN1CCN(Cc2cc(C)c(C)cc2O)CC1. The molecule has 0 radical (unpaired) electrons. The van der Waals surface area contributed by atoms with Crippen molar-refractivity contribution in [1.82, 2.24) is 9.80 Å². The Morgan fingerprint density at radius 1 is 1.11 bits per heavy atom. The highest BCUT2D eigenvalue weighted by molar-refractivity contribution is 5.40. The fourth-order valence-electron chi connectivity index (χ4n) is 2.46. The van der Waals surface area contributed by atoms with Crippen LogP contribution in [0, 0.1) is 26.2 Å². The van der Waals surface area contributed by atoms with E-state index in [4.69, 9.17) is 6.42 Å². The minimum Gasteiger partial charge on any atom is -0.508 e. The zero-order chi connectivity index (χ0) is 13.8. The summed E-state index contributed by atoms with van der Waals surface area (Å²) in [7, 11) is 0. The number of terminal acetylenes is 1. The van der Waals surface area contributed by atoms with Gasteiger partial charge in [-0.3, -0.25) is 9.80 Å². The van der Waals surface area contributed by atoms with Gasteiger partial charge in [-0.2, -0.15) is 0 Å². The number of hydrogen-bond acceptors (Lipinski definition) is 3. The van der Waals surface area contributed by atoms with E-state index in [1.54, 1.807) is 0 Å². The lowest BCUT2D eigenvalue weighted by atomic mass is 10.0. The Bertz CT molecular complexity index is 482. The molecule has 0 atom stereocenters. The average molecular weight is 258 g/mol. The van der Waals surface area contributed by atoms with Crippen LogP contribution in [0.4, 0.5) is 0 Å². The summed E-state index contributed by atoms with van der Waals surface area (Å²) in [5.74, 6) is 3.10. The van der Waals surface area contributed by atoms with Crippen LogP contribution in [0.25, 0.3) is 0 Å². The minimum atomic E-state index is 0.411. The van der Waals surface area contributed by atoms with Crippen LogP contribution in [-0.2, 0) is 6.54 Å². The predicted octanol–water partition coefficient (Wildman–Crippen LogP) is 1.76. The number of hydrogen-bond donors (Lipinski definition) is 1. The van der Waals surface area contributed by atoms with Crippen molar-refractivity contribution in [1.29, 1.82) is 0 Å². The number of piperazine rings is 1. The van der Waals surface area contributed by atoms with Gasteiger partial charge >= 0.3 is 0 Å². The summed E-state index contributed by atoms with van der Waals surface area (Å²) in [5, 5.41) is 10.0. The third kappa shape index (κ3) is 3.50. The van der Waals surface area contributed by atoms with Crippen LogP contribution in [0.5, 0.6) is 5.75 Å². The van der Waals surface area contributed by atoms with Gasteiger partial charge in [-0.1, -0.05) is 12.0 Å². The smallest absolute Gasteiger partial charge is 0.120 e. The lowest BCUT2D eigenvalue weighted by Crippen LogP contribution is -2.45. The third-order valence-corrected chi connectivity index (χ3v) is 3.87. The van der Waals surface area contributed by atoms with E-state index in [1.165, 1.54) is 5.56 Å². The molecule has 0 unspecified atom stereocenters. The molecule has 1 saturated heterocycles. The van der Waals surface area contributed by atoms with Crippen LogP contribution in [0.3, 0.4) is 0 Å². The molecule has 0 bridgehead atoms. The molecule has 3 heteroatoms.